The number of carbonyl (C=O) groups is 10. The van der Waals surface area contributed by atoms with E-state index in [1.54, 1.807) is 45.0 Å². The van der Waals surface area contributed by atoms with Crippen molar-refractivity contribution in [1.82, 2.24) is 35.6 Å². The summed E-state index contributed by atoms with van der Waals surface area (Å²) in [5, 5.41) is 18.7. The van der Waals surface area contributed by atoms with Crippen molar-refractivity contribution in [2.24, 2.45) is 29.6 Å². The first-order valence-corrected chi connectivity index (χ1v) is 28.1. The van der Waals surface area contributed by atoms with Gasteiger partial charge in [0.1, 0.15) is 53.7 Å². The highest BCUT2D eigenvalue weighted by atomic mass is 16.6. The van der Waals surface area contributed by atoms with E-state index in [4.69, 9.17) is 14.2 Å². The number of ether oxygens (including phenoxy) is 3. The molecule has 4 rings (SSSR count). The molecule has 1 unspecified atom stereocenters. The van der Waals surface area contributed by atoms with E-state index in [1.165, 1.54) is 68.0 Å². The molecule has 4 N–H and O–H groups in total. The molecule has 441 valence electrons. The summed E-state index contributed by atoms with van der Waals surface area (Å²) in [5.74, 6) is -9.29. The van der Waals surface area contributed by atoms with Gasteiger partial charge in [-0.2, -0.15) is 0 Å². The minimum absolute atomic E-state index is 0.106. The summed E-state index contributed by atoms with van der Waals surface area (Å²) in [7, 11) is 4.36. The summed E-state index contributed by atoms with van der Waals surface area (Å²) < 4.78 is 17.4. The third-order valence-corrected chi connectivity index (χ3v) is 15.7. The van der Waals surface area contributed by atoms with E-state index in [0.717, 1.165) is 0 Å². The smallest absolute Gasteiger partial charge is 0.329 e. The average molecular weight is 1110 g/mol. The van der Waals surface area contributed by atoms with Gasteiger partial charge in [-0.05, 0) is 114 Å². The van der Waals surface area contributed by atoms with E-state index < -0.39 is 137 Å². The number of amides is 7. The highest BCUT2D eigenvalue weighted by Crippen LogP contribution is 2.34. The molecule has 3 aliphatic heterocycles. The van der Waals surface area contributed by atoms with E-state index in [0.29, 0.717) is 37.0 Å². The number of likely N-dealkylation sites (tertiary alicyclic amines) is 1. The second-order valence-corrected chi connectivity index (χ2v) is 23.3. The number of esters is 2. The monoisotopic (exact) mass is 1110 g/mol. The quantitative estimate of drug-likeness (QED) is 0.145. The summed E-state index contributed by atoms with van der Waals surface area (Å²) >= 11 is 0. The molecule has 1 radical (unpaired) electrons. The first-order chi connectivity index (χ1) is 37.0. The molecule has 7 amide bonds. The van der Waals surface area contributed by atoms with Gasteiger partial charge in [-0.1, -0.05) is 73.9 Å². The van der Waals surface area contributed by atoms with Crippen LogP contribution in [0.25, 0.3) is 0 Å². The zero-order chi connectivity index (χ0) is 59.4. The van der Waals surface area contributed by atoms with Gasteiger partial charge < -0.3 is 54.9 Å². The summed E-state index contributed by atoms with van der Waals surface area (Å²) in [6.07, 6.45) is -1.09. The average Bonchev–Trinajstić information content (AvgIpc) is 4.12. The van der Waals surface area contributed by atoms with Crippen LogP contribution in [0, 0.1) is 36.0 Å². The lowest BCUT2D eigenvalue weighted by Gasteiger charge is -2.41. The number of likely N-dealkylation sites (N-methyl/N-ethyl adjacent to an activating group) is 2. The van der Waals surface area contributed by atoms with E-state index in [1.807, 2.05) is 41.5 Å². The largest absolute Gasteiger partial charge is 0.497 e. The number of fused-ring (bicyclic) bond motifs is 1. The highest BCUT2D eigenvalue weighted by Gasteiger charge is 2.51. The summed E-state index contributed by atoms with van der Waals surface area (Å²) in [6.45, 7) is 20.5. The summed E-state index contributed by atoms with van der Waals surface area (Å²) in [5.41, 5.74) is -0.955. The van der Waals surface area contributed by atoms with Crippen LogP contribution in [0.1, 0.15) is 140 Å². The summed E-state index contributed by atoms with van der Waals surface area (Å²) in [6, 6.07) is -0.472. The lowest BCUT2D eigenvalue weighted by atomic mass is 9.92. The van der Waals surface area contributed by atoms with Crippen LogP contribution in [0.4, 0.5) is 0 Å². The van der Waals surface area contributed by atoms with Gasteiger partial charge in [0.2, 0.25) is 35.4 Å². The van der Waals surface area contributed by atoms with Crippen LogP contribution in [0.3, 0.4) is 0 Å². The van der Waals surface area contributed by atoms with Crippen molar-refractivity contribution >= 4 is 59.1 Å². The third-order valence-electron chi connectivity index (χ3n) is 15.7. The van der Waals surface area contributed by atoms with E-state index in [9.17, 15) is 43.5 Å². The zero-order valence-corrected chi connectivity index (χ0v) is 49.3. The maximum absolute atomic E-state index is 15.2. The normalized spacial score (nSPS) is 27.7. The van der Waals surface area contributed by atoms with Crippen LogP contribution in [0.15, 0.2) is 24.3 Å². The molecule has 0 aliphatic carbocycles. The number of hydrogen-bond donors (Lipinski definition) is 4. The fraction of sp³-hybridized carbons (Fsp3) is 0.707. The molecule has 3 aliphatic rings. The number of nitrogens with zero attached hydrogens (tertiary/aromatic N) is 4. The van der Waals surface area contributed by atoms with Gasteiger partial charge in [-0.15, -0.1) is 0 Å². The van der Waals surface area contributed by atoms with Crippen molar-refractivity contribution in [3.8, 4) is 5.75 Å². The Labute approximate surface area is 467 Å². The molecule has 0 aromatic heterocycles. The standard InChI is InChI=1S/C58H90N7O14/c1-16-35(8)41-24-25-46(67)79-49(34(6)7)48(68)36(9)50(69)60-42(29-32(2)3)54(73)65-28-18-26-58(65,12)57(76)63(14)45(31-39-20-22-40(77-15)23-21-39)56(75)78-38(11)47(52(71)59-41)61-51(70)44(30-33(4)5)62(13)55(74)43-19-17-27-64(43)53(72)37(10)66/h20-24,32-38,41-45,47,49,66H,16-19,25-31H2,1-15H3,(H,59,71)(H,60,69)(H,61,70)/t35-,36-,37-,38+,41-,42-,43-,44+,45-,47?,49-,58-/m0/s1. The molecule has 0 spiro atoms. The third kappa shape index (κ3) is 16.5. The Morgan fingerprint density at radius 3 is 2.11 bits per heavy atom. The number of carbonyl (C=O) groups excluding carboxylic acids is 10. The fourth-order valence-electron chi connectivity index (χ4n) is 10.6. The number of cyclic esters (lactones) is 2. The zero-order valence-electron chi connectivity index (χ0n) is 49.3. The molecular formula is C58H90N7O14. The van der Waals surface area contributed by atoms with Gasteiger partial charge in [-0.25, -0.2) is 4.79 Å². The van der Waals surface area contributed by atoms with Crippen molar-refractivity contribution < 1.29 is 67.3 Å². The first kappa shape index (κ1) is 65.4. The van der Waals surface area contributed by atoms with Crippen molar-refractivity contribution in [2.45, 2.75) is 201 Å². The van der Waals surface area contributed by atoms with Crippen LogP contribution < -0.4 is 20.7 Å². The minimum Gasteiger partial charge on any atom is -0.497 e. The molecule has 3 saturated heterocycles. The Balaban J connectivity index is 1.89. The lowest BCUT2D eigenvalue weighted by molar-refractivity contribution is -0.164. The van der Waals surface area contributed by atoms with Crippen molar-refractivity contribution in [3.63, 3.8) is 0 Å². The Bertz CT molecular complexity index is 2340. The van der Waals surface area contributed by atoms with E-state index in [2.05, 4.69) is 16.0 Å². The molecule has 21 heteroatoms. The number of benzene rings is 1. The van der Waals surface area contributed by atoms with Crippen molar-refractivity contribution in [2.75, 3.05) is 34.3 Å². The van der Waals surface area contributed by atoms with Crippen molar-refractivity contribution in [1.29, 1.82) is 0 Å². The molecule has 3 fully saturated rings. The first-order valence-electron chi connectivity index (χ1n) is 28.1. The Morgan fingerprint density at radius 2 is 1.54 bits per heavy atom. The maximum Gasteiger partial charge on any atom is 0.329 e. The number of aliphatic hydroxyl groups is 1. The number of hydrogen-bond acceptors (Lipinski definition) is 14. The molecule has 0 bridgehead atoms. The number of ketones is 1. The van der Waals surface area contributed by atoms with Crippen LogP contribution >= 0.6 is 0 Å². The second-order valence-electron chi connectivity index (χ2n) is 23.3. The minimum atomic E-state index is -1.67. The van der Waals surface area contributed by atoms with Crippen LogP contribution in [-0.4, -0.2) is 178 Å². The number of rotatable bonds is 15. The predicted molar refractivity (Wildman–Crippen MR) is 293 cm³/mol. The molecule has 12 atom stereocenters. The molecule has 0 saturated carbocycles. The molecule has 79 heavy (non-hydrogen) atoms. The van der Waals surface area contributed by atoms with E-state index >= 15 is 9.59 Å². The molecule has 1 aromatic rings. The van der Waals surface area contributed by atoms with Gasteiger partial charge in [0.25, 0.3) is 5.91 Å². The highest BCUT2D eigenvalue weighted by molar-refractivity contribution is 6.05. The van der Waals surface area contributed by atoms with Crippen LogP contribution in [0.5, 0.6) is 5.75 Å². The van der Waals surface area contributed by atoms with Crippen LogP contribution in [-0.2, 0) is 63.8 Å². The molecule has 1 aromatic carbocycles. The topological polar surface area (TPSA) is 268 Å². The Kier molecular flexibility index (Phi) is 23.9. The predicted octanol–water partition coefficient (Wildman–Crippen LogP) is 3.55. The van der Waals surface area contributed by atoms with Gasteiger partial charge in [0.15, 0.2) is 11.9 Å². The number of aliphatic hydroxyl groups excluding tert-OH is 1. The molecule has 21 nitrogen and oxygen atoms in total. The number of methoxy groups -OCH3 is 1. The van der Waals surface area contributed by atoms with Crippen molar-refractivity contribution in [3.05, 3.63) is 36.2 Å². The maximum atomic E-state index is 15.2. The number of nitrogens with one attached hydrogen (secondary N) is 3. The second kappa shape index (κ2) is 28.9. The van der Waals surface area contributed by atoms with E-state index in [-0.39, 0.29) is 56.5 Å². The molecule has 3 heterocycles. The van der Waals surface area contributed by atoms with Gasteiger partial charge in [0, 0.05) is 39.6 Å². The van der Waals surface area contributed by atoms with Gasteiger partial charge in [0.05, 0.1) is 19.4 Å². The Morgan fingerprint density at radius 1 is 0.899 bits per heavy atom. The van der Waals surface area contributed by atoms with Crippen LogP contribution in [0.2, 0.25) is 0 Å². The van der Waals surface area contributed by atoms with Gasteiger partial charge >= 0.3 is 11.9 Å². The SMILES string of the molecule is CC[C@H](C)[C@@H]1[CH]CC(=O)O[C@@H](C(C)C)C(=O)[C@H](C)C(=O)N[C@@H](CC(C)C)C(=O)N2CCC[C@@]2(C)C(=O)N(C)[C@@H](Cc2ccc(OC)cc2)C(=O)O[C@H](C)C(NC(=O)[C@@H](CC(C)C)N(C)C(=O)[C@@H]2CCCN2C(=O)[C@H](C)O)C(=O)N1. The lowest BCUT2D eigenvalue weighted by Crippen LogP contribution is -2.63. The fourth-order valence-corrected chi connectivity index (χ4v) is 10.6. The number of Topliss-reactive ketones (excluding diaryl/α,β-unsaturated/α-hetero) is 1. The molecular weight excluding hydrogens is 1020 g/mol. The van der Waals surface area contributed by atoms with Gasteiger partial charge in [-0.3, -0.25) is 43.2 Å². The Hall–Kier alpha value is -6.12. The summed E-state index contributed by atoms with van der Waals surface area (Å²) in [4.78, 5) is 149.